The fourth-order valence-electron chi connectivity index (χ4n) is 2.21. The van der Waals surface area contributed by atoms with Gasteiger partial charge < -0.3 is 10.4 Å². The highest BCUT2D eigenvalue weighted by molar-refractivity contribution is 7.96. The number of benzene rings is 1. The van der Waals surface area contributed by atoms with Crippen LogP contribution in [-0.4, -0.2) is 25.3 Å². The maximum atomic E-state index is 11.2. The van der Waals surface area contributed by atoms with E-state index in [1.54, 1.807) is 6.08 Å². The van der Waals surface area contributed by atoms with E-state index in [0.29, 0.717) is 16.6 Å². The van der Waals surface area contributed by atoms with Gasteiger partial charge in [0, 0.05) is 11.8 Å². The minimum Gasteiger partial charge on any atom is -0.505 e. The third kappa shape index (κ3) is 3.86. The van der Waals surface area contributed by atoms with E-state index in [2.05, 4.69) is 34.7 Å². The first-order chi connectivity index (χ1) is 11.2. The van der Waals surface area contributed by atoms with E-state index < -0.39 is 5.24 Å². The van der Waals surface area contributed by atoms with Crippen LogP contribution in [0.4, 0.5) is 4.79 Å². The van der Waals surface area contributed by atoms with Gasteiger partial charge in [-0.3, -0.25) is 4.79 Å². The van der Waals surface area contributed by atoms with Crippen LogP contribution in [0.3, 0.4) is 0 Å². The fourth-order valence-corrected chi connectivity index (χ4v) is 2.28. The maximum absolute atomic E-state index is 11.2. The van der Waals surface area contributed by atoms with E-state index in [1.807, 2.05) is 45.0 Å². The number of fused-ring (bicyclic) bond motifs is 1. The molecular formula is C17H20N4O2S. The Morgan fingerprint density at radius 3 is 2.25 bits per heavy atom. The van der Waals surface area contributed by atoms with Crippen molar-refractivity contribution >= 4 is 34.6 Å². The maximum Gasteiger partial charge on any atom is 0.279 e. The van der Waals surface area contributed by atoms with Crippen molar-refractivity contribution < 1.29 is 9.90 Å². The molecule has 0 aliphatic carbocycles. The Morgan fingerprint density at radius 2 is 1.83 bits per heavy atom. The summed E-state index contributed by atoms with van der Waals surface area (Å²) in [4.78, 5) is 12.4. The summed E-state index contributed by atoms with van der Waals surface area (Å²) in [6, 6.07) is 7.32. The van der Waals surface area contributed by atoms with E-state index in [-0.39, 0.29) is 16.9 Å². The molecule has 0 fully saturated rings. The van der Waals surface area contributed by atoms with Crippen LogP contribution in [-0.2, 0) is 0 Å². The molecule has 2 N–H and O–H groups in total. The lowest BCUT2D eigenvalue weighted by atomic mass is 9.85. The number of nitrogens with zero attached hydrogens (tertiary/aromatic N) is 3. The molecule has 0 radical (unpaired) electrons. The zero-order valence-electron chi connectivity index (χ0n) is 13.8. The van der Waals surface area contributed by atoms with Crippen LogP contribution in [0.5, 0.6) is 0 Å². The number of hydrogen-bond donors (Lipinski definition) is 3. The Hall–Kier alpha value is -2.54. The minimum atomic E-state index is -0.562. The number of allylic oxidation sites excluding steroid dienone is 3. The Morgan fingerprint density at radius 1 is 1.29 bits per heavy atom. The molecule has 0 atom stereocenters. The third-order valence-electron chi connectivity index (χ3n) is 3.34. The van der Waals surface area contributed by atoms with Crippen molar-refractivity contribution in [3.8, 4) is 0 Å². The summed E-state index contributed by atoms with van der Waals surface area (Å²) in [5.41, 5.74) is 1.80. The Balaban J connectivity index is 2.65. The number of aromatic nitrogens is 3. The number of amides is 1. The molecule has 0 unspecified atom stereocenters. The van der Waals surface area contributed by atoms with Crippen LogP contribution in [0.15, 0.2) is 54.5 Å². The summed E-state index contributed by atoms with van der Waals surface area (Å²) in [5.74, 6) is -0.0695. The SMILES string of the molecule is C=C/C(=C(O)\C(=C/NC(=O)S)n1nc2ccccc2n1)C(C)(C)C. The van der Waals surface area contributed by atoms with Gasteiger partial charge in [-0.05, 0) is 17.5 Å². The number of rotatable bonds is 4. The lowest BCUT2D eigenvalue weighted by molar-refractivity contribution is 0.263. The Labute approximate surface area is 146 Å². The first-order valence-corrected chi connectivity index (χ1v) is 7.77. The standard InChI is InChI=1S/C17H20N4O2S/c1-5-11(17(2,3)4)15(22)14(10-18-16(23)24)21-19-12-8-6-7-9-13(12)20-21/h5-10,22H,1H2,2-4H3,(H2,18,23,24)/b14-10+,15-11-. The summed E-state index contributed by atoms with van der Waals surface area (Å²) >= 11 is 3.67. The predicted molar refractivity (Wildman–Crippen MR) is 98.6 cm³/mol. The van der Waals surface area contributed by atoms with Crippen molar-refractivity contribution in [3.63, 3.8) is 0 Å². The molecule has 1 aromatic heterocycles. The molecule has 6 nitrogen and oxygen atoms in total. The highest BCUT2D eigenvalue weighted by Crippen LogP contribution is 2.31. The van der Waals surface area contributed by atoms with Crippen LogP contribution < -0.4 is 5.32 Å². The molecule has 7 heteroatoms. The van der Waals surface area contributed by atoms with Crippen molar-refractivity contribution in [2.45, 2.75) is 20.8 Å². The molecule has 1 heterocycles. The summed E-state index contributed by atoms with van der Waals surface area (Å²) in [5, 5.41) is 21.3. The summed E-state index contributed by atoms with van der Waals surface area (Å²) in [6.07, 6.45) is 2.90. The van der Waals surface area contributed by atoms with E-state index in [0.717, 1.165) is 0 Å². The normalized spacial score (nSPS) is 13.6. The number of nitrogens with one attached hydrogen (secondary N) is 1. The van der Waals surface area contributed by atoms with E-state index in [1.165, 1.54) is 11.0 Å². The highest BCUT2D eigenvalue weighted by atomic mass is 32.1. The van der Waals surface area contributed by atoms with Crippen molar-refractivity contribution in [3.05, 3.63) is 54.5 Å². The molecule has 2 rings (SSSR count). The average Bonchev–Trinajstić information content (AvgIpc) is 2.89. The zero-order chi connectivity index (χ0) is 17.9. The summed E-state index contributed by atoms with van der Waals surface area (Å²) in [7, 11) is 0. The van der Waals surface area contributed by atoms with E-state index in [4.69, 9.17) is 0 Å². The fraction of sp³-hybridized carbons (Fsp3) is 0.235. The van der Waals surface area contributed by atoms with Gasteiger partial charge in [0.25, 0.3) is 5.24 Å². The van der Waals surface area contributed by atoms with Crippen molar-refractivity contribution in [1.82, 2.24) is 20.3 Å². The second kappa shape index (κ2) is 6.92. The topological polar surface area (TPSA) is 80.0 Å². The Bertz CT molecular complexity index is 811. The van der Waals surface area contributed by atoms with Gasteiger partial charge in [0.05, 0.1) is 0 Å². The van der Waals surface area contributed by atoms with Gasteiger partial charge in [-0.2, -0.15) is 0 Å². The van der Waals surface area contributed by atoms with Gasteiger partial charge in [-0.1, -0.05) is 58.2 Å². The molecule has 0 saturated carbocycles. The number of carbonyl (C=O) groups is 1. The van der Waals surface area contributed by atoms with Gasteiger partial charge in [-0.15, -0.1) is 15.0 Å². The molecule has 0 spiro atoms. The van der Waals surface area contributed by atoms with E-state index >= 15 is 0 Å². The smallest absolute Gasteiger partial charge is 0.279 e. The second-order valence-electron chi connectivity index (χ2n) is 6.17. The van der Waals surface area contributed by atoms with Crippen LogP contribution in [0.25, 0.3) is 16.7 Å². The first kappa shape index (κ1) is 17.8. The molecule has 126 valence electrons. The minimum absolute atomic E-state index is 0.0695. The van der Waals surface area contributed by atoms with Gasteiger partial charge in [0.1, 0.15) is 22.5 Å². The number of aliphatic hydroxyl groups is 1. The molecule has 0 aliphatic heterocycles. The number of thiol groups is 1. The number of carbonyl (C=O) groups excluding carboxylic acids is 1. The van der Waals surface area contributed by atoms with Crippen molar-refractivity contribution in [2.24, 2.45) is 5.41 Å². The van der Waals surface area contributed by atoms with Crippen molar-refractivity contribution in [2.75, 3.05) is 0 Å². The molecule has 0 bridgehead atoms. The van der Waals surface area contributed by atoms with Crippen molar-refractivity contribution in [1.29, 1.82) is 0 Å². The molecular weight excluding hydrogens is 324 g/mol. The molecule has 0 aliphatic rings. The van der Waals surface area contributed by atoms with Gasteiger partial charge in [0.2, 0.25) is 0 Å². The lowest BCUT2D eigenvalue weighted by Crippen LogP contribution is -2.17. The van der Waals surface area contributed by atoms with Gasteiger partial charge in [-0.25, -0.2) is 0 Å². The predicted octanol–water partition coefficient (Wildman–Crippen LogP) is 3.91. The second-order valence-corrected chi connectivity index (χ2v) is 6.58. The molecule has 2 aromatic rings. The van der Waals surface area contributed by atoms with Crippen LogP contribution >= 0.6 is 12.6 Å². The molecule has 24 heavy (non-hydrogen) atoms. The molecule has 1 amide bonds. The monoisotopic (exact) mass is 344 g/mol. The van der Waals surface area contributed by atoms with Gasteiger partial charge >= 0.3 is 0 Å². The van der Waals surface area contributed by atoms with Crippen LogP contribution in [0.1, 0.15) is 20.8 Å². The van der Waals surface area contributed by atoms with Gasteiger partial charge in [0.15, 0.2) is 0 Å². The van der Waals surface area contributed by atoms with E-state index in [9.17, 15) is 9.90 Å². The summed E-state index contributed by atoms with van der Waals surface area (Å²) in [6.45, 7) is 9.60. The summed E-state index contributed by atoms with van der Waals surface area (Å²) < 4.78 is 0. The lowest BCUT2D eigenvalue weighted by Gasteiger charge is -2.22. The average molecular weight is 344 g/mol. The first-order valence-electron chi connectivity index (χ1n) is 7.32. The third-order valence-corrected chi connectivity index (χ3v) is 3.47. The highest BCUT2D eigenvalue weighted by Gasteiger charge is 2.23. The zero-order valence-corrected chi connectivity index (χ0v) is 14.7. The largest absolute Gasteiger partial charge is 0.505 e. The van der Waals surface area contributed by atoms with Crippen LogP contribution in [0, 0.1) is 5.41 Å². The van der Waals surface area contributed by atoms with Crippen LogP contribution in [0.2, 0.25) is 0 Å². The number of hydrogen-bond acceptors (Lipinski definition) is 4. The molecule has 0 saturated heterocycles. The quantitative estimate of drug-likeness (QED) is 0.446. The molecule has 1 aromatic carbocycles. The number of aliphatic hydroxyl groups excluding tert-OH is 1. The Kier molecular flexibility index (Phi) is 5.14.